The van der Waals surface area contributed by atoms with Gasteiger partial charge in [0.1, 0.15) is 6.10 Å². The Morgan fingerprint density at radius 1 is 1.13 bits per heavy atom. The van der Waals surface area contributed by atoms with Crippen molar-refractivity contribution < 1.29 is 19.1 Å². The average molecular weight is 431 g/mol. The van der Waals surface area contributed by atoms with Crippen molar-refractivity contribution in [2.75, 3.05) is 7.11 Å². The van der Waals surface area contributed by atoms with E-state index in [2.05, 4.69) is 32.9 Å². The highest BCUT2D eigenvalue weighted by Gasteiger charge is 2.59. The van der Waals surface area contributed by atoms with Gasteiger partial charge >= 0.3 is 11.9 Å². The fourth-order valence-corrected chi connectivity index (χ4v) is 8.52. The second-order valence-electron chi connectivity index (χ2n) is 11.6. The predicted molar refractivity (Wildman–Crippen MR) is 121 cm³/mol. The zero-order chi connectivity index (χ0) is 22.4. The molecule has 4 aliphatic carbocycles. The predicted octanol–water partition coefficient (Wildman–Crippen LogP) is 5.94. The van der Waals surface area contributed by atoms with Crippen LogP contribution in [0.1, 0.15) is 85.5 Å². The molecule has 0 aromatic rings. The molecular weight excluding hydrogens is 388 g/mol. The minimum atomic E-state index is -0.131. The van der Waals surface area contributed by atoms with Crippen LogP contribution in [0.3, 0.4) is 0 Å². The van der Waals surface area contributed by atoms with E-state index < -0.39 is 0 Å². The maximum atomic E-state index is 11.7. The quantitative estimate of drug-likeness (QED) is 0.400. The molecule has 0 unspecified atom stereocenters. The Morgan fingerprint density at radius 2 is 1.90 bits per heavy atom. The summed E-state index contributed by atoms with van der Waals surface area (Å²) in [5.74, 6) is 3.85. The lowest BCUT2D eigenvalue weighted by Crippen LogP contribution is -2.52. The second-order valence-corrected chi connectivity index (χ2v) is 11.6. The highest BCUT2D eigenvalue weighted by molar-refractivity contribution is 5.69. The van der Waals surface area contributed by atoms with Crippen LogP contribution >= 0.6 is 0 Å². The van der Waals surface area contributed by atoms with Crippen LogP contribution in [0.15, 0.2) is 12.2 Å². The van der Waals surface area contributed by atoms with Gasteiger partial charge in [0.2, 0.25) is 0 Å². The van der Waals surface area contributed by atoms with Crippen molar-refractivity contribution in [2.24, 2.45) is 46.3 Å². The van der Waals surface area contributed by atoms with Crippen molar-refractivity contribution in [1.29, 1.82) is 0 Å². The van der Waals surface area contributed by atoms with E-state index in [0.717, 1.165) is 31.1 Å². The number of hydrogen-bond donors (Lipinski definition) is 0. The van der Waals surface area contributed by atoms with Crippen molar-refractivity contribution in [1.82, 2.24) is 0 Å². The fourth-order valence-electron chi connectivity index (χ4n) is 8.52. The van der Waals surface area contributed by atoms with Gasteiger partial charge in [0, 0.05) is 13.3 Å². The Morgan fingerprint density at radius 3 is 2.61 bits per heavy atom. The first-order valence-corrected chi connectivity index (χ1v) is 12.6. The molecule has 9 atom stereocenters. The number of hydrogen-bond acceptors (Lipinski definition) is 4. The molecule has 0 aromatic heterocycles. The van der Waals surface area contributed by atoms with Crippen molar-refractivity contribution in [3.63, 3.8) is 0 Å². The smallest absolute Gasteiger partial charge is 0.305 e. The van der Waals surface area contributed by atoms with Gasteiger partial charge in [-0.2, -0.15) is 0 Å². The molecule has 0 bridgehead atoms. The molecule has 3 saturated carbocycles. The van der Waals surface area contributed by atoms with Crippen molar-refractivity contribution >= 4 is 11.9 Å². The third kappa shape index (κ3) is 3.97. The Hall–Kier alpha value is -1.32. The van der Waals surface area contributed by atoms with Gasteiger partial charge in [-0.25, -0.2) is 0 Å². The summed E-state index contributed by atoms with van der Waals surface area (Å²) < 4.78 is 10.5. The van der Waals surface area contributed by atoms with Gasteiger partial charge in [-0.3, -0.25) is 9.59 Å². The first-order chi connectivity index (χ1) is 14.7. The summed E-state index contributed by atoms with van der Waals surface area (Å²) in [5.41, 5.74) is 0.598. The van der Waals surface area contributed by atoms with Crippen LogP contribution in [0.4, 0.5) is 0 Å². The largest absolute Gasteiger partial charge is 0.469 e. The molecule has 0 saturated heterocycles. The van der Waals surface area contributed by atoms with Gasteiger partial charge in [0.15, 0.2) is 0 Å². The van der Waals surface area contributed by atoms with Crippen molar-refractivity contribution in [2.45, 2.75) is 91.6 Å². The van der Waals surface area contributed by atoms with Gasteiger partial charge in [0.25, 0.3) is 0 Å². The molecule has 0 radical (unpaired) electrons. The number of carbonyl (C=O) groups is 2. The lowest BCUT2D eigenvalue weighted by atomic mass is 9.46. The number of esters is 2. The molecule has 0 N–H and O–H groups in total. The number of ether oxygens (including phenoxy) is 2. The monoisotopic (exact) mass is 430 g/mol. The van der Waals surface area contributed by atoms with Crippen LogP contribution in [0, 0.1) is 46.3 Å². The van der Waals surface area contributed by atoms with Crippen molar-refractivity contribution in [3.8, 4) is 0 Å². The first kappa shape index (κ1) is 22.9. The van der Waals surface area contributed by atoms with Gasteiger partial charge in [-0.05, 0) is 97.7 Å². The van der Waals surface area contributed by atoms with E-state index >= 15 is 0 Å². The third-order valence-corrected chi connectivity index (χ3v) is 10.2. The summed E-state index contributed by atoms with van der Waals surface area (Å²) >= 11 is 0. The SMILES string of the molecule is COC(=O)CC[C@@H](C)[C@H]1CC[C@H]2[C@@H]3CC[C@@H]4C[C@@H](OC(C)=O)CC[C@]4(C)[C@H]3C=C[C@]12C. The normalized spacial score (nSPS) is 44.5. The molecule has 4 nitrogen and oxygen atoms in total. The summed E-state index contributed by atoms with van der Waals surface area (Å²) in [5, 5.41) is 0. The second kappa shape index (κ2) is 8.56. The van der Waals surface area contributed by atoms with Gasteiger partial charge in [0.05, 0.1) is 7.11 Å². The Bertz CT molecular complexity index is 729. The molecule has 4 aliphatic rings. The summed E-state index contributed by atoms with van der Waals surface area (Å²) in [6, 6.07) is 0. The molecule has 31 heavy (non-hydrogen) atoms. The molecule has 0 aliphatic heterocycles. The summed E-state index contributed by atoms with van der Waals surface area (Å²) in [6.07, 6.45) is 15.2. The van der Waals surface area contributed by atoms with Crippen LogP contribution in [-0.2, 0) is 19.1 Å². The minimum absolute atomic E-state index is 0.0820. The van der Waals surface area contributed by atoms with Crippen LogP contribution < -0.4 is 0 Å². The highest BCUT2D eigenvalue weighted by atomic mass is 16.5. The van der Waals surface area contributed by atoms with Gasteiger partial charge in [-0.15, -0.1) is 0 Å². The Labute approximate surface area is 188 Å². The summed E-state index contributed by atoms with van der Waals surface area (Å²) in [6.45, 7) is 8.91. The van der Waals surface area contributed by atoms with E-state index in [1.54, 1.807) is 0 Å². The Balaban J connectivity index is 1.50. The van der Waals surface area contributed by atoms with Crippen LogP contribution in [0.25, 0.3) is 0 Å². The van der Waals surface area contributed by atoms with E-state index in [4.69, 9.17) is 9.47 Å². The van der Waals surface area contributed by atoms with Gasteiger partial charge in [-0.1, -0.05) is 32.9 Å². The van der Waals surface area contributed by atoms with Crippen LogP contribution in [0.5, 0.6) is 0 Å². The number of fused-ring (bicyclic) bond motifs is 5. The molecular formula is C27H42O4. The van der Waals surface area contributed by atoms with Crippen LogP contribution in [-0.4, -0.2) is 25.2 Å². The molecule has 0 aromatic carbocycles. The summed E-state index contributed by atoms with van der Waals surface area (Å²) in [4.78, 5) is 23.1. The zero-order valence-electron chi connectivity index (χ0n) is 20.2. The number of allylic oxidation sites excluding steroid dienone is 2. The maximum absolute atomic E-state index is 11.7. The summed E-state index contributed by atoms with van der Waals surface area (Å²) in [7, 11) is 1.49. The average Bonchev–Trinajstić information content (AvgIpc) is 3.09. The molecule has 0 spiro atoms. The van der Waals surface area contributed by atoms with E-state index in [-0.39, 0.29) is 23.5 Å². The lowest BCUT2D eigenvalue weighted by Gasteiger charge is -2.59. The molecule has 0 amide bonds. The Kier molecular flexibility index (Phi) is 6.31. The lowest BCUT2D eigenvalue weighted by molar-refractivity contribution is -0.154. The standard InChI is InChI=1S/C27H42O4/c1-17(6-11-25(29)30-5)22-9-10-23-21-8-7-19-16-20(31-18(2)28)12-14-26(19,3)24(21)13-15-27(22,23)4/h13,15,17,19-24H,6-12,14,16H2,1-5H3/t17-,19-,20+,21+,22-,23+,24+,26+,27-/m1/s1. The minimum Gasteiger partial charge on any atom is -0.469 e. The van der Waals surface area contributed by atoms with E-state index in [1.165, 1.54) is 46.1 Å². The van der Waals surface area contributed by atoms with E-state index in [0.29, 0.717) is 35.5 Å². The number of rotatable bonds is 5. The topological polar surface area (TPSA) is 52.6 Å². The number of carbonyl (C=O) groups excluding carboxylic acids is 2. The highest BCUT2D eigenvalue weighted by Crippen LogP contribution is 2.66. The van der Waals surface area contributed by atoms with E-state index in [9.17, 15) is 9.59 Å². The zero-order valence-corrected chi connectivity index (χ0v) is 20.2. The first-order valence-electron chi connectivity index (χ1n) is 12.6. The molecule has 4 rings (SSSR count). The van der Waals surface area contributed by atoms with Gasteiger partial charge < -0.3 is 9.47 Å². The molecule has 3 fully saturated rings. The maximum Gasteiger partial charge on any atom is 0.305 e. The van der Waals surface area contributed by atoms with E-state index in [1.807, 2.05) is 0 Å². The van der Waals surface area contributed by atoms with Crippen molar-refractivity contribution in [3.05, 3.63) is 12.2 Å². The molecule has 0 heterocycles. The molecule has 4 heteroatoms. The third-order valence-electron chi connectivity index (χ3n) is 10.2. The fraction of sp³-hybridized carbons (Fsp3) is 0.852. The number of methoxy groups -OCH3 is 1. The van der Waals surface area contributed by atoms with Crippen LogP contribution in [0.2, 0.25) is 0 Å². The molecule has 174 valence electrons.